The molecular formula is C19H19N3O4S2. The van der Waals surface area contributed by atoms with Gasteiger partial charge in [-0.05, 0) is 35.7 Å². The molecule has 0 unspecified atom stereocenters. The van der Waals surface area contributed by atoms with Gasteiger partial charge in [-0.15, -0.1) is 11.8 Å². The molecule has 0 aliphatic heterocycles. The van der Waals surface area contributed by atoms with Gasteiger partial charge in [-0.3, -0.25) is 14.9 Å². The summed E-state index contributed by atoms with van der Waals surface area (Å²) in [6.45, 7) is 2.10. The number of fused-ring (bicyclic) bond motifs is 1. The minimum absolute atomic E-state index is 0.0778. The van der Waals surface area contributed by atoms with Gasteiger partial charge in [0.05, 0.1) is 28.0 Å². The SMILES string of the molecule is CCc1ccc2nc(NC(=O)CSCc3ccc(OC)c([N+](=O)[O-])c3)sc2c1. The standard InChI is InChI=1S/C19H19N3O4S2/c1-3-12-4-6-14-17(9-12)28-19(20-14)21-18(23)11-27-10-13-5-7-16(26-2)15(8-13)22(24)25/h4-9H,3,10-11H2,1-2H3,(H,20,21,23). The van der Waals surface area contributed by atoms with E-state index in [0.717, 1.165) is 22.2 Å². The Morgan fingerprint density at radius 3 is 2.79 bits per heavy atom. The van der Waals surface area contributed by atoms with Crippen LogP contribution in [0, 0.1) is 10.1 Å². The van der Waals surface area contributed by atoms with Crippen LogP contribution in [0.5, 0.6) is 5.75 Å². The molecule has 0 bridgehead atoms. The number of carbonyl (C=O) groups excluding carboxylic acids is 1. The van der Waals surface area contributed by atoms with Gasteiger partial charge in [0.15, 0.2) is 10.9 Å². The van der Waals surface area contributed by atoms with Crippen molar-refractivity contribution in [1.82, 2.24) is 4.98 Å². The Bertz CT molecular complexity index is 1020. The monoisotopic (exact) mass is 417 g/mol. The Balaban J connectivity index is 1.56. The van der Waals surface area contributed by atoms with Crippen molar-refractivity contribution >= 4 is 50.0 Å². The minimum Gasteiger partial charge on any atom is -0.490 e. The number of nitro benzene ring substituents is 1. The second-order valence-electron chi connectivity index (χ2n) is 5.98. The molecular weight excluding hydrogens is 398 g/mol. The van der Waals surface area contributed by atoms with E-state index in [-0.39, 0.29) is 23.1 Å². The number of ether oxygens (including phenoxy) is 1. The number of nitrogens with one attached hydrogen (secondary N) is 1. The van der Waals surface area contributed by atoms with Gasteiger partial charge in [0, 0.05) is 11.8 Å². The summed E-state index contributed by atoms with van der Waals surface area (Å²) in [5, 5.41) is 14.5. The lowest BCUT2D eigenvalue weighted by atomic mass is 10.2. The van der Waals surface area contributed by atoms with Gasteiger partial charge < -0.3 is 10.1 Å². The molecule has 1 heterocycles. The molecule has 0 aliphatic rings. The molecule has 0 saturated carbocycles. The highest BCUT2D eigenvalue weighted by molar-refractivity contribution is 7.99. The number of nitrogens with zero attached hydrogens (tertiary/aromatic N) is 2. The van der Waals surface area contributed by atoms with Crippen LogP contribution in [0.4, 0.5) is 10.8 Å². The first-order chi connectivity index (χ1) is 13.5. The molecule has 0 aliphatic carbocycles. The lowest BCUT2D eigenvalue weighted by Gasteiger charge is -2.05. The average molecular weight is 418 g/mol. The number of carbonyl (C=O) groups is 1. The van der Waals surface area contributed by atoms with E-state index in [1.54, 1.807) is 12.1 Å². The topological polar surface area (TPSA) is 94.4 Å². The summed E-state index contributed by atoms with van der Waals surface area (Å²) in [4.78, 5) is 27.2. The molecule has 0 spiro atoms. The minimum atomic E-state index is -0.475. The maximum Gasteiger partial charge on any atom is 0.311 e. The second kappa shape index (κ2) is 9.03. The van der Waals surface area contributed by atoms with Crippen LogP contribution in [0.1, 0.15) is 18.1 Å². The molecule has 2 aromatic carbocycles. The molecule has 9 heteroatoms. The average Bonchev–Trinajstić information content (AvgIpc) is 3.08. The highest BCUT2D eigenvalue weighted by atomic mass is 32.2. The number of benzene rings is 2. The number of amides is 1. The zero-order chi connectivity index (χ0) is 20.1. The van der Waals surface area contributed by atoms with Crippen molar-refractivity contribution in [1.29, 1.82) is 0 Å². The second-order valence-corrected chi connectivity index (χ2v) is 8.00. The van der Waals surface area contributed by atoms with Crippen molar-refractivity contribution in [2.24, 2.45) is 0 Å². The summed E-state index contributed by atoms with van der Waals surface area (Å²) in [6.07, 6.45) is 0.954. The Morgan fingerprint density at radius 1 is 1.29 bits per heavy atom. The van der Waals surface area contributed by atoms with Gasteiger partial charge >= 0.3 is 5.69 Å². The molecule has 1 aromatic heterocycles. The molecule has 0 fully saturated rings. The third kappa shape index (κ3) is 4.79. The van der Waals surface area contributed by atoms with Crippen molar-refractivity contribution in [3.8, 4) is 5.75 Å². The molecule has 7 nitrogen and oxygen atoms in total. The predicted molar refractivity (Wildman–Crippen MR) is 113 cm³/mol. The maximum absolute atomic E-state index is 12.2. The fourth-order valence-corrected chi connectivity index (χ4v) is 4.35. The number of thioether (sulfide) groups is 1. The Hall–Kier alpha value is -2.65. The third-order valence-corrected chi connectivity index (χ3v) is 5.99. The van der Waals surface area contributed by atoms with Gasteiger partial charge in [0.2, 0.25) is 5.91 Å². The maximum atomic E-state index is 12.2. The highest BCUT2D eigenvalue weighted by Gasteiger charge is 2.15. The fraction of sp³-hybridized carbons (Fsp3) is 0.263. The largest absolute Gasteiger partial charge is 0.490 e. The lowest BCUT2D eigenvalue weighted by Crippen LogP contribution is -2.13. The summed E-state index contributed by atoms with van der Waals surface area (Å²) in [5.41, 5.74) is 2.79. The normalized spacial score (nSPS) is 10.8. The van der Waals surface area contributed by atoms with Gasteiger partial charge in [0.1, 0.15) is 0 Å². The molecule has 28 heavy (non-hydrogen) atoms. The van der Waals surface area contributed by atoms with E-state index in [4.69, 9.17) is 4.74 Å². The van der Waals surface area contributed by atoms with Crippen molar-refractivity contribution in [2.45, 2.75) is 19.1 Å². The van der Waals surface area contributed by atoms with E-state index >= 15 is 0 Å². The first-order valence-corrected chi connectivity index (χ1v) is 10.6. The van der Waals surface area contributed by atoms with Crippen molar-refractivity contribution in [2.75, 3.05) is 18.2 Å². The van der Waals surface area contributed by atoms with Crippen molar-refractivity contribution < 1.29 is 14.5 Å². The number of methoxy groups -OCH3 is 1. The third-order valence-electron chi connectivity index (χ3n) is 4.05. The quantitative estimate of drug-likeness (QED) is 0.424. The summed E-state index contributed by atoms with van der Waals surface area (Å²) < 4.78 is 6.04. The number of aryl methyl sites for hydroxylation is 1. The number of anilines is 1. The van der Waals surface area contributed by atoms with Gasteiger partial charge in [-0.1, -0.05) is 30.4 Å². The first kappa shape index (κ1) is 20.1. The zero-order valence-electron chi connectivity index (χ0n) is 15.4. The van der Waals surface area contributed by atoms with Crippen LogP contribution < -0.4 is 10.1 Å². The van der Waals surface area contributed by atoms with Crippen LogP contribution >= 0.6 is 23.1 Å². The van der Waals surface area contributed by atoms with E-state index in [9.17, 15) is 14.9 Å². The molecule has 3 aromatic rings. The van der Waals surface area contributed by atoms with Crippen LogP contribution in [0.2, 0.25) is 0 Å². The van der Waals surface area contributed by atoms with E-state index in [1.807, 2.05) is 12.1 Å². The Kier molecular flexibility index (Phi) is 6.48. The summed E-state index contributed by atoms with van der Waals surface area (Å²) in [6, 6.07) is 10.9. The number of hydrogen-bond donors (Lipinski definition) is 1. The number of rotatable bonds is 8. The molecule has 0 radical (unpaired) electrons. The zero-order valence-corrected chi connectivity index (χ0v) is 17.1. The van der Waals surface area contributed by atoms with E-state index in [1.165, 1.54) is 41.8 Å². The predicted octanol–water partition coefficient (Wildman–Crippen LogP) is 4.65. The molecule has 0 saturated heterocycles. The molecule has 0 atom stereocenters. The summed E-state index contributed by atoms with van der Waals surface area (Å²) >= 11 is 2.83. The number of aromatic nitrogens is 1. The summed E-state index contributed by atoms with van der Waals surface area (Å²) in [7, 11) is 1.40. The summed E-state index contributed by atoms with van der Waals surface area (Å²) in [5.74, 6) is 0.787. The first-order valence-electron chi connectivity index (χ1n) is 8.58. The lowest BCUT2D eigenvalue weighted by molar-refractivity contribution is -0.385. The fourth-order valence-electron chi connectivity index (χ4n) is 2.63. The van der Waals surface area contributed by atoms with E-state index in [0.29, 0.717) is 10.9 Å². The van der Waals surface area contributed by atoms with Gasteiger partial charge in [-0.2, -0.15) is 0 Å². The van der Waals surface area contributed by atoms with Crippen LogP contribution in [0.3, 0.4) is 0 Å². The van der Waals surface area contributed by atoms with Crippen molar-refractivity contribution in [3.05, 3.63) is 57.6 Å². The van der Waals surface area contributed by atoms with Crippen LogP contribution in [0.25, 0.3) is 10.2 Å². The number of nitro groups is 1. The number of hydrogen-bond acceptors (Lipinski definition) is 7. The molecule has 1 N–H and O–H groups in total. The van der Waals surface area contributed by atoms with Crippen molar-refractivity contribution in [3.63, 3.8) is 0 Å². The molecule has 3 rings (SSSR count). The molecule has 146 valence electrons. The van der Waals surface area contributed by atoms with Gasteiger partial charge in [-0.25, -0.2) is 4.98 Å². The Labute approximate surface area is 170 Å². The molecule has 1 amide bonds. The van der Waals surface area contributed by atoms with E-state index in [2.05, 4.69) is 23.3 Å². The number of thiazole rings is 1. The van der Waals surface area contributed by atoms with Gasteiger partial charge in [0.25, 0.3) is 0 Å². The van der Waals surface area contributed by atoms with E-state index < -0.39 is 4.92 Å². The smallest absolute Gasteiger partial charge is 0.311 e. The highest BCUT2D eigenvalue weighted by Crippen LogP contribution is 2.29. The van der Waals surface area contributed by atoms with Crippen LogP contribution in [0.15, 0.2) is 36.4 Å². The van der Waals surface area contributed by atoms with Crippen LogP contribution in [-0.4, -0.2) is 28.7 Å². The Morgan fingerprint density at radius 2 is 2.07 bits per heavy atom. The van der Waals surface area contributed by atoms with Crippen LogP contribution in [-0.2, 0) is 17.0 Å².